The Labute approximate surface area is 121 Å². The molecule has 1 aromatic rings. The molecule has 1 aliphatic heterocycles. The maximum absolute atomic E-state index is 12.6. The molecule has 21 heavy (non-hydrogen) atoms. The maximum Gasteiger partial charge on any atom is 0.416 e. The van der Waals surface area contributed by atoms with Crippen molar-refractivity contribution < 1.29 is 23.1 Å². The number of aliphatic hydroxyl groups excluding tert-OH is 1. The van der Waals surface area contributed by atoms with Gasteiger partial charge < -0.3 is 10.0 Å². The molecule has 1 saturated heterocycles. The number of amides is 1. The molecule has 2 atom stereocenters. The van der Waals surface area contributed by atoms with Gasteiger partial charge in [-0.25, -0.2) is 0 Å². The van der Waals surface area contributed by atoms with Gasteiger partial charge in [0.05, 0.1) is 18.2 Å². The lowest BCUT2D eigenvalue weighted by Gasteiger charge is -2.21. The standard InChI is InChI=1S/C15H18F3NO2/c1-2-10-6-14(21)19(8-10)9-13(20)11-4-3-5-12(7-11)15(16,17)18/h3-5,7,10,13,20H,2,6,8-9H2,1H3. The van der Waals surface area contributed by atoms with Crippen molar-refractivity contribution in [3.05, 3.63) is 35.4 Å². The molecule has 0 bridgehead atoms. The highest BCUT2D eigenvalue weighted by molar-refractivity contribution is 5.78. The first kappa shape index (κ1) is 15.8. The van der Waals surface area contributed by atoms with E-state index in [4.69, 9.17) is 0 Å². The maximum atomic E-state index is 12.6. The highest BCUT2D eigenvalue weighted by Gasteiger charge is 2.32. The molecule has 3 nitrogen and oxygen atoms in total. The third-order valence-electron chi connectivity index (χ3n) is 3.86. The van der Waals surface area contributed by atoms with Crippen LogP contribution in [0.5, 0.6) is 0 Å². The van der Waals surface area contributed by atoms with Gasteiger partial charge in [0.25, 0.3) is 0 Å². The Morgan fingerprint density at radius 3 is 2.71 bits per heavy atom. The van der Waals surface area contributed by atoms with E-state index in [0.29, 0.717) is 13.0 Å². The average Bonchev–Trinajstić information content (AvgIpc) is 2.78. The van der Waals surface area contributed by atoms with E-state index >= 15 is 0 Å². The smallest absolute Gasteiger partial charge is 0.387 e. The summed E-state index contributed by atoms with van der Waals surface area (Å²) in [4.78, 5) is 13.3. The Balaban J connectivity index is 2.07. The van der Waals surface area contributed by atoms with Gasteiger partial charge in [-0.2, -0.15) is 13.2 Å². The molecular weight excluding hydrogens is 283 g/mol. The molecule has 1 amide bonds. The summed E-state index contributed by atoms with van der Waals surface area (Å²) in [5.74, 6) is 0.221. The molecule has 1 aliphatic rings. The Morgan fingerprint density at radius 1 is 1.43 bits per heavy atom. The lowest BCUT2D eigenvalue weighted by atomic mass is 10.1. The van der Waals surface area contributed by atoms with Gasteiger partial charge in [0, 0.05) is 13.0 Å². The van der Waals surface area contributed by atoms with E-state index in [1.807, 2.05) is 6.92 Å². The fraction of sp³-hybridized carbons (Fsp3) is 0.533. The summed E-state index contributed by atoms with van der Waals surface area (Å²) < 4.78 is 37.9. The van der Waals surface area contributed by atoms with Crippen molar-refractivity contribution in [3.8, 4) is 0 Å². The average molecular weight is 301 g/mol. The first-order valence-electron chi connectivity index (χ1n) is 6.94. The van der Waals surface area contributed by atoms with Crippen LogP contribution in [0, 0.1) is 5.92 Å². The molecule has 0 saturated carbocycles. The SMILES string of the molecule is CCC1CC(=O)N(CC(O)c2cccc(C(F)(F)F)c2)C1. The summed E-state index contributed by atoms with van der Waals surface area (Å²) in [5.41, 5.74) is -0.615. The fourth-order valence-corrected chi connectivity index (χ4v) is 2.54. The minimum atomic E-state index is -4.44. The third kappa shape index (κ3) is 3.75. The molecule has 1 fully saturated rings. The largest absolute Gasteiger partial charge is 0.416 e. The van der Waals surface area contributed by atoms with Gasteiger partial charge in [-0.1, -0.05) is 25.5 Å². The Morgan fingerprint density at radius 2 is 2.14 bits per heavy atom. The van der Waals surface area contributed by atoms with Crippen LogP contribution in [0.15, 0.2) is 24.3 Å². The molecule has 0 spiro atoms. The Hall–Kier alpha value is -1.56. The summed E-state index contributed by atoms with van der Waals surface area (Å²) >= 11 is 0. The molecule has 6 heteroatoms. The van der Waals surface area contributed by atoms with E-state index in [1.54, 1.807) is 0 Å². The highest BCUT2D eigenvalue weighted by Crippen LogP contribution is 2.31. The van der Waals surface area contributed by atoms with Gasteiger partial charge in [0.1, 0.15) is 0 Å². The second-order valence-electron chi connectivity index (χ2n) is 5.42. The van der Waals surface area contributed by atoms with Crippen LogP contribution in [-0.4, -0.2) is 29.0 Å². The molecule has 1 N–H and O–H groups in total. The molecule has 0 aromatic heterocycles. The number of rotatable bonds is 4. The van der Waals surface area contributed by atoms with E-state index in [9.17, 15) is 23.1 Å². The van der Waals surface area contributed by atoms with E-state index in [-0.39, 0.29) is 23.9 Å². The van der Waals surface area contributed by atoms with Crippen molar-refractivity contribution in [1.82, 2.24) is 4.90 Å². The van der Waals surface area contributed by atoms with Crippen LogP contribution in [0.3, 0.4) is 0 Å². The van der Waals surface area contributed by atoms with Gasteiger partial charge >= 0.3 is 6.18 Å². The minimum absolute atomic E-state index is 0.0383. The predicted molar refractivity (Wildman–Crippen MR) is 71.4 cm³/mol. The number of carbonyl (C=O) groups excluding carboxylic acids is 1. The molecule has 2 unspecified atom stereocenters. The summed E-state index contributed by atoms with van der Waals surface area (Å²) in [6.07, 6.45) is -4.22. The number of hydrogen-bond acceptors (Lipinski definition) is 2. The zero-order valence-electron chi connectivity index (χ0n) is 11.7. The van der Waals surface area contributed by atoms with Gasteiger partial charge in [0.15, 0.2) is 0 Å². The van der Waals surface area contributed by atoms with Crippen LogP contribution >= 0.6 is 0 Å². The molecular formula is C15H18F3NO2. The topological polar surface area (TPSA) is 40.5 Å². The zero-order chi connectivity index (χ0) is 15.6. The minimum Gasteiger partial charge on any atom is -0.387 e. The van der Waals surface area contributed by atoms with E-state index in [2.05, 4.69) is 0 Å². The second kappa shape index (κ2) is 6.05. The predicted octanol–water partition coefficient (Wildman–Crippen LogP) is 3.00. The number of carbonyl (C=O) groups is 1. The number of likely N-dealkylation sites (tertiary alicyclic amines) is 1. The van der Waals surface area contributed by atoms with Gasteiger partial charge in [-0.15, -0.1) is 0 Å². The van der Waals surface area contributed by atoms with Crippen molar-refractivity contribution in [3.63, 3.8) is 0 Å². The van der Waals surface area contributed by atoms with Gasteiger partial charge in [0.2, 0.25) is 5.91 Å². The monoisotopic (exact) mass is 301 g/mol. The summed E-state index contributed by atoms with van der Waals surface area (Å²) in [5, 5.41) is 10.1. The van der Waals surface area contributed by atoms with E-state index in [0.717, 1.165) is 18.6 Å². The van der Waals surface area contributed by atoms with Crippen LogP contribution < -0.4 is 0 Å². The Kier molecular flexibility index (Phi) is 4.56. The summed E-state index contributed by atoms with van der Waals surface area (Å²) in [7, 11) is 0. The normalized spacial score (nSPS) is 20.9. The number of β-amino-alcohol motifs (C(OH)–C–C–N with tert-alkyl or cyclic N) is 1. The van der Waals surface area contributed by atoms with Crippen molar-refractivity contribution >= 4 is 5.91 Å². The molecule has 0 aliphatic carbocycles. The van der Waals surface area contributed by atoms with E-state index < -0.39 is 17.8 Å². The first-order valence-corrected chi connectivity index (χ1v) is 6.94. The first-order chi connectivity index (χ1) is 9.81. The number of aliphatic hydroxyl groups is 1. The number of halogens is 3. The number of benzene rings is 1. The molecule has 116 valence electrons. The highest BCUT2D eigenvalue weighted by atomic mass is 19.4. The zero-order valence-corrected chi connectivity index (χ0v) is 11.7. The number of nitrogens with zero attached hydrogens (tertiary/aromatic N) is 1. The number of hydrogen-bond donors (Lipinski definition) is 1. The second-order valence-corrected chi connectivity index (χ2v) is 5.42. The molecule has 2 rings (SSSR count). The molecule has 0 radical (unpaired) electrons. The van der Waals surface area contributed by atoms with Gasteiger partial charge in [-0.05, 0) is 23.6 Å². The summed E-state index contributed by atoms with van der Waals surface area (Å²) in [6, 6.07) is 4.60. The van der Waals surface area contributed by atoms with Crippen LogP contribution in [-0.2, 0) is 11.0 Å². The molecule has 1 heterocycles. The quantitative estimate of drug-likeness (QED) is 0.928. The summed E-state index contributed by atoms with van der Waals surface area (Å²) in [6.45, 7) is 2.59. The van der Waals surface area contributed by atoms with Crippen molar-refractivity contribution in [2.24, 2.45) is 5.92 Å². The lowest BCUT2D eigenvalue weighted by molar-refractivity contribution is -0.137. The lowest BCUT2D eigenvalue weighted by Crippen LogP contribution is -2.30. The third-order valence-corrected chi connectivity index (χ3v) is 3.86. The van der Waals surface area contributed by atoms with Crippen molar-refractivity contribution in [2.45, 2.75) is 32.0 Å². The van der Waals surface area contributed by atoms with Crippen LogP contribution in [0.4, 0.5) is 13.2 Å². The van der Waals surface area contributed by atoms with Crippen LogP contribution in [0.25, 0.3) is 0 Å². The van der Waals surface area contributed by atoms with E-state index in [1.165, 1.54) is 17.0 Å². The Bertz CT molecular complexity index is 516. The van der Waals surface area contributed by atoms with Crippen LogP contribution in [0.2, 0.25) is 0 Å². The fourth-order valence-electron chi connectivity index (χ4n) is 2.54. The van der Waals surface area contributed by atoms with Crippen molar-refractivity contribution in [2.75, 3.05) is 13.1 Å². The van der Waals surface area contributed by atoms with Gasteiger partial charge in [-0.3, -0.25) is 4.79 Å². The number of alkyl halides is 3. The van der Waals surface area contributed by atoms with Crippen LogP contribution in [0.1, 0.15) is 37.0 Å². The van der Waals surface area contributed by atoms with Crippen molar-refractivity contribution in [1.29, 1.82) is 0 Å². The molecule has 1 aromatic carbocycles.